The number of halogens is 1. The van der Waals surface area contributed by atoms with E-state index >= 15 is 0 Å². The van der Waals surface area contributed by atoms with Crippen LogP contribution in [0.25, 0.3) is 0 Å². The molecule has 1 aliphatic carbocycles. The van der Waals surface area contributed by atoms with E-state index in [0.29, 0.717) is 19.4 Å². The van der Waals surface area contributed by atoms with Crippen LogP contribution in [0.1, 0.15) is 42.9 Å². The molecule has 3 atom stereocenters. The largest absolute Gasteiger partial charge is 0.481 e. The van der Waals surface area contributed by atoms with Crippen LogP contribution in [0, 0.1) is 11.8 Å². The van der Waals surface area contributed by atoms with Gasteiger partial charge in [-0.15, -0.1) is 0 Å². The number of hydrogen-bond donors (Lipinski definition) is 2. The number of nitrogens with zero attached hydrogens (tertiary/aromatic N) is 2. The lowest BCUT2D eigenvalue weighted by Gasteiger charge is -2.40. The van der Waals surface area contributed by atoms with Gasteiger partial charge in [0, 0.05) is 50.2 Å². The predicted octanol–water partition coefficient (Wildman–Crippen LogP) is 4.21. The predicted molar refractivity (Wildman–Crippen MR) is 134 cm³/mol. The SMILES string of the molecule is O=C(O)[C@H]1CCC[C@@H](C(=O)NCC(c2ccccc2)N2CCN(Cc3ccc(Cl)cc3)CC2)C1. The lowest BCUT2D eigenvalue weighted by atomic mass is 9.81. The molecule has 2 fully saturated rings. The molecule has 1 amide bonds. The van der Waals surface area contributed by atoms with Gasteiger partial charge in [0.2, 0.25) is 5.91 Å². The third-order valence-electron chi connectivity index (χ3n) is 7.22. The minimum atomic E-state index is -0.781. The Hall–Kier alpha value is -2.41. The van der Waals surface area contributed by atoms with Crippen LogP contribution in [0.5, 0.6) is 0 Å². The number of carbonyl (C=O) groups is 2. The monoisotopic (exact) mass is 483 g/mol. The number of carboxylic acids is 1. The number of benzene rings is 2. The molecule has 6 nitrogen and oxygen atoms in total. The molecule has 1 unspecified atom stereocenters. The Labute approximate surface area is 206 Å². The van der Waals surface area contributed by atoms with Gasteiger partial charge in [-0.2, -0.15) is 0 Å². The molecule has 1 heterocycles. The van der Waals surface area contributed by atoms with Gasteiger partial charge in [0.1, 0.15) is 0 Å². The molecule has 0 bridgehead atoms. The molecule has 0 aromatic heterocycles. The second-order valence-corrected chi connectivity index (χ2v) is 9.95. The summed E-state index contributed by atoms with van der Waals surface area (Å²) in [4.78, 5) is 29.2. The van der Waals surface area contributed by atoms with Crippen molar-refractivity contribution in [3.63, 3.8) is 0 Å². The van der Waals surface area contributed by atoms with Crippen molar-refractivity contribution in [3.05, 3.63) is 70.7 Å². The number of aliphatic carboxylic acids is 1. The van der Waals surface area contributed by atoms with Crippen LogP contribution in [-0.4, -0.2) is 59.5 Å². The van der Waals surface area contributed by atoms with Crippen LogP contribution in [0.3, 0.4) is 0 Å². The Morgan fingerprint density at radius 1 is 0.971 bits per heavy atom. The molecule has 1 aliphatic heterocycles. The number of hydrogen-bond acceptors (Lipinski definition) is 4. The first-order valence-electron chi connectivity index (χ1n) is 12.3. The van der Waals surface area contributed by atoms with E-state index in [0.717, 1.165) is 50.6 Å². The summed E-state index contributed by atoms with van der Waals surface area (Å²) < 4.78 is 0. The Bertz CT molecular complexity index is 945. The third-order valence-corrected chi connectivity index (χ3v) is 7.47. The van der Waals surface area contributed by atoms with Crippen molar-refractivity contribution in [2.24, 2.45) is 11.8 Å². The Kier molecular flexibility index (Phi) is 8.59. The van der Waals surface area contributed by atoms with Crippen LogP contribution in [0.2, 0.25) is 5.02 Å². The molecule has 1 saturated carbocycles. The normalized spacial score (nSPS) is 22.7. The van der Waals surface area contributed by atoms with Gasteiger partial charge in [-0.1, -0.05) is 60.5 Å². The van der Waals surface area contributed by atoms with Gasteiger partial charge in [-0.3, -0.25) is 19.4 Å². The summed E-state index contributed by atoms with van der Waals surface area (Å²) in [6.45, 7) is 5.21. The summed E-state index contributed by atoms with van der Waals surface area (Å²) in [6.07, 6.45) is 2.69. The maximum Gasteiger partial charge on any atom is 0.306 e. The van der Waals surface area contributed by atoms with Crippen LogP contribution in [0.4, 0.5) is 0 Å². The van der Waals surface area contributed by atoms with Crippen LogP contribution in [0.15, 0.2) is 54.6 Å². The molecule has 2 N–H and O–H groups in total. The first-order chi connectivity index (χ1) is 16.5. The van der Waals surface area contributed by atoms with Crippen LogP contribution < -0.4 is 5.32 Å². The number of amides is 1. The van der Waals surface area contributed by atoms with Gasteiger partial charge in [0.05, 0.1) is 12.0 Å². The quantitative estimate of drug-likeness (QED) is 0.588. The zero-order valence-corrected chi connectivity index (χ0v) is 20.3. The van der Waals surface area contributed by atoms with Gasteiger partial charge in [-0.05, 0) is 42.5 Å². The summed E-state index contributed by atoms with van der Waals surface area (Å²) in [5, 5.41) is 13.3. The van der Waals surface area contributed by atoms with Gasteiger partial charge in [0.25, 0.3) is 0 Å². The smallest absolute Gasteiger partial charge is 0.306 e. The standard InChI is InChI=1S/C27H34ClN3O3/c28-24-11-9-20(10-12-24)19-30-13-15-31(16-14-30)25(21-5-2-1-3-6-21)18-29-26(32)22-7-4-8-23(17-22)27(33)34/h1-3,5-6,9-12,22-23,25H,4,7-8,13-19H2,(H,29,32)(H,33,34)/t22-,23+,25?/m1/s1. The maximum atomic E-state index is 12.9. The van der Waals surface area contributed by atoms with E-state index in [1.807, 2.05) is 30.3 Å². The van der Waals surface area contributed by atoms with Gasteiger partial charge in [-0.25, -0.2) is 0 Å². The summed E-state index contributed by atoms with van der Waals surface area (Å²) >= 11 is 6.01. The zero-order valence-electron chi connectivity index (χ0n) is 19.5. The highest BCUT2D eigenvalue weighted by atomic mass is 35.5. The summed E-state index contributed by atoms with van der Waals surface area (Å²) in [6, 6.07) is 18.5. The molecule has 7 heteroatoms. The van der Waals surface area contributed by atoms with Crippen LogP contribution in [-0.2, 0) is 16.1 Å². The molecule has 34 heavy (non-hydrogen) atoms. The lowest BCUT2D eigenvalue weighted by Crippen LogP contribution is -2.50. The van der Waals surface area contributed by atoms with E-state index in [9.17, 15) is 14.7 Å². The zero-order chi connectivity index (χ0) is 23.9. The van der Waals surface area contributed by atoms with Gasteiger partial charge < -0.3 is 10.4 Å². The topological polar surface area (TPSA) is 72.9 Å². The highest BCUT2D eigenvalue weighted by Crippen LogP contribution is 2.30. The molecule has 4 rings (SSSR count). The van der Waals surface area contributed by atoms with Gasteiger partial charge in [0.15, 0.2) is 0 Å². The minimum Gasteiger partial charge on any atom is -0.481 e. The minimum absolute atomic E-state index is 0.00624. The van der Waals surface area contributed by atoms with Crippen molar-refractivity contribution in [2.45, 2.75) is 38.3 Å². The second-order valence-electron chi connectivity index (χ2n) is 9.51. The summed E-state index contributed by atoms with van der Waals surface area (Å²) in [7, 11) is 0. The molecule has 2 aromatic rings. The Balaban J connectivity index is 1.35. The molecular weight excluding hydrogens is 450 g/mol. The van der Waals surface area contributed by atoms with Crippen molar-refractivity contribution in [1.29, 1.82) is 0 Å². The fraction of sp³-hybridized carbons (Fsp3) is 0.481. The fourth-order valence-corrected chi connectivity index (χ4v) is 5.33. The third kappa shape index (κ3) is 6.59. The van der Waals surface area contributed by atoms with Crippen molar-refractivity contribution in [1.82, 2.24) is 15.1 Å². The molecule has 0 radical (unpaired) electrons. The molecule has 182 valence electrons. The van der Waals surface area contributed by atoms with Crippen LogP contribution >= 0.6 is 11.6 Å². The maximum absolute atomic E-state index is 12.9. The van der Waals surface area contributed by atoms with Crippen molar-refractivity contribution in [3.8, 4) is 0 Å². The molecular formula is C27H34ClN3O3. The first kappa shape index (κ1) is 24.7. The molecule has 1 saturated heterocycles. The molecule has 2 aliphatic rings. The Morgan fingerprint density at radius 3 is 2.32 bits per heavy atom. The van der Waals surface area contributed by atoms with Gasteiger partial charge >= 0.3 is 5.97 Å². The number of carbonyl (C=O) groups excluding carboxylic acids is 1. The fourth-order valence-electron chi connectivity index (χ4n) is 5.21. The number of piperazine rings is 1. The summed E-state index contributed by atoms with van der Waals surface area (Å²) in [5.41, 5.74) is 2.46. The highest BCUT2D eigenvalue weighted by Gasteiger charge is 2.32. The van der Waals surface area contributed by atoms with E-state index in [-0.39, 0.29) is 17.9 Å². The summed E-state index contributed by atoms with van der Waals surface area (Å²) in [5.74, 6) is -1.39. The number of carboxylic acid groups (broad SMARTS) is 1. The van der Waals surface area contributed by atoms with Crippen molar-refractivity contribution in [2.75, 3.05) is 32.7 Å². The average Bonchev–Trinajstić information content (AvgIpc) is 2.87. The molecule has 2 aromatic carbocycles. The van der Waals surface area contributed by atoms with E-state index in [2.05, 4.69) is 39.4 Å². The number of nitrogens with one attached hydrogen (secondary N) is 1. The number of rotatable bonds is 8. The van der Waals surface area contributed by atoms with E-state index in [1.54, 1.807) is 0 Å². The van der Waals surface area contributed by atoms with E-state index < -0.39 is 11.9 Å². The van der Waals surface area contributed by atoms with E-state index in [4.69, 9.17) is 11.6 Å². The average molecular weight is 484 g/mol. The highest BCUT2D eigenvalue weighted by molar-refractivity contribution is 6.30. The van der Waals surface area contributed by atoms with E-state index in [1.165, 1.54) is 11.1 Å². The Morgan fingerprint density at radius 2 is 1.65 bits per heavy atom. The van der Waals surface area contributed by atoms with Crippen molar-refractivity contribution >= 4 is 23.5 Å². The molecule has 0 spiro atoms. The van der Waals surface area contributed by atoms with Crippen molar-refractivity contribution < 1.29 is 14.7 Å². The lowest BCUT2D eigenvalue weighted by molar-refractivity contribution is -0.144. The first-order valence-corrected chi connectivity index (χ1v) is 12.6. The second kappa shape index (κ2) is 11.8.